The van der Waals surface area contributed by atoms with Crippen LogP contribution in [0.3, 0.4) is 0 Å². The summed E-state index contributed by atoms with van der Waals surface area (Å²) in [6, 6.07) is 2.09. The molecule has 1 N–H and O–H groups in total. The minimum absolute atomic E-state index is 1.07. The Balaban J connectivity index is 1.84. The fourth-order valence-corrected chi connectivity index (χ4v) is 2.24. The molecule has 0 bridgehead atoms. The molecule has 0 unspecified atom stereocenters. The van der Waals surface area contributed by atoms with Gasteiger partial charge >= 0.3 is 0 Å². The second-order valence-corrected chi connectivity index (χ2v) is 4.68. The van der Waals surface area contributed by atoms with Crippen LogP contribution in [0.1, 0.15) is 5.56 Å². The maximum absolute atomic E-state index is 4.13. The molecule has 1 saturated heterocycles. The summed E-state index contributed by atoms with van der Waals surface area (Å²) in [4.78, 5) is 8.97. The smallest absolute Gasteiger partial charge is 0.0424 e. The Bertz CT molecular complexity index is 347. The highest BCUT2D eigenvalue weighted by Gasteiger charge is 2.10. The molecule has 17 heavy (non-hydrogen) atoms. The molecule has 1 aromatic rings. The lowest BCUT2D eigenvalue weighted by Crippen LogP contribution is -2.46. The van der Waals surface area contributed by atoms with Crippen LogP contribution in [-0.2, 0) is 0 Å². The van der Waals surface area contributed by atoms with Crippen LogP contribution < -0.4 is 10.2 Å². The van der Waals surface area contributed by atoms with E-state index in [-0.39, 0.29) is 0 Å². The number of rotatable bonds is 4. The van der Waals surface area contributed by atoms with Crippen LogP contribution in [0.25, 0.3) is 0 Å². The van der Waals surface area contributed by atoms with E-state index in [1.807, 2.05) is 12.4 Å². The first-order chi connectivity index (χ1) is 8.27. The Morgan fingerprint density at radius 2 is 2.18 bits per heavy atom. The molecular weight excluding hydrogens is 212 g/mol. The number of likely N-dealkylation sites (N-methyl/N-ethyl adjacent to an activating group) is 1. The minimum Gasteiger partial charge on any atom is -0.373 e. The lowest BCUT2D eigenvalue weighted by atomic mass is 10.2. The highest BCUT2D eigenvalue weighted by Crippen LogP contribution is 2.16. The second kappa shape index (κ2) is 5.98. The molecule has 2 rings (SSSR count). The first-order valence-electron chi connectivity index (χ1n) is 6.32. The van der Waals surface area contributed by atoms with E-state index in [4.69, 9.17) is 0 Å². The quantitative estimate of drug-likeness (QED) is 0.832. The van der Waals surface area contributed by atoms with Gasteiger partial charge in [-0.2, -0.15) is 0 Å². The summed E-state index contributed by atoms with van der Waals surface area (Å²) in [6.45, 7) is 8.91. The molecule has 0 aromatic carbocycles. The predicted molar refractivity (Wildman–Crippen MR) is 71.6 cm³/mol. The molecule has 1 aliphatic heterocycles. The van der Waals surface area contributed by atoms with Gasteiger partial charge in [0.2, 0.25) is 0 Å². The van der Waals surface area contributed by atoms with Gasteiger partial charge in [0.25, 0.3) is 0 Å². The molecule has 4 nitrogen and oxygen atoms in total. The Labute approximate surface area is 104 Å². The second-order valence-electron chi connectivity index (χ2n) is 4.68. The zero-order valence-corrected chi connectivity index (χ0v) is 10.8. The monoisotopic (exact) mass is 234 g/mol. The third kappa shape index (κ3) is 3.41. The average molecular weight is 234 g/mol. The van der Waals surface area contributed by atoms with Gasteiger partial charge in [0.05, 0.1) is 0 Å². The maximum atomic E-state index is 4.13. The molecule has 0 saturated carbocycles. The van der Waals surface area contributed by atoms with Gasteiger partial charge in [0.15, 0.2) is 0 Å². The Hall–Kier alpha value is -1.13. The Morgan fingerprint density at radius 3 is 2.88 bits per heavy atom. The van der Waals surface area contributed by atoms with Gasteiger partial charge < -0.3 is 10.2 Å². The van der Waals surface area contributed by atoms with Crippen molar-refractivity contribution in [3.8, 4) is 0 Å². The van der Waals surface area contributed by atoms with Crippen molar-refractivity contribution in [2.24, 2.45) is 0 Å². The van der Waals surface area contributed by atoms with Gasteiger partial charge in [-0.15, -0.1) is 0 Å². The van der Waals surface area contributed by atoms with Crippen molar-refractivity contribution in [2.75, 3.05) is 51.2 Å². The van der Waals surface area contributed by atoms with Gasteiger partial charge in [-0.25, -0.2) is 0 Å². The SMILES string of the molecule is Cc1cnccc1N(C)CCN1CCNCC1. The number of pyridine rings is 1. The topological polar surface area (TPSA) is 31.4 Å². The summed E-state index contributed by atoms with van der Waals surface area (Å²) in [6.07, 6.45) is 3.79. The molecule has 94 valence electrons. The van der Waals surface area contributed by atoms with Gasteiger partial charge in [-0.1, -0.05) is 0 Å². The third-order valence-corrected chi connectivity index (χ3v) is 3.36. The van der Waals surface area contributed by atoms with E-state index < -0.39 is 0 Å². The van der Waals surface area contributed by atoms with E-state index in [1.165, 1.54) is 24.3 Å². The fourth-order valence-electron chi connectivity index (χ4n) is 2.24. The number of piperazine rings is 1. The van der Waals surface area contributed by atoms with Crippen LogP contribution in [0, 0.1) is 6.92 Å². The lowest BCUT2D eigenvalue weighted by Gasteiger charge is -2.30. The van der Waals surface area contributed by atoms with E-state index in [2.05, 4.69) is 40.1 Å². The fraction of sp³-hybridized carbons (Fsp3) is 0.615. The van der Waals surface area contributed by atoms with Crippen LogP contribution in [0.15, 0.2) is 18.5 Å². The van der Waals surface area contributed by atoms with Crippen molar-refractivity contribution < 1.29 is 0 Å². The van der Waals surface area contributed by atoms with E-state index in [1.54, 1.807) is 0 Å². The Morgan fingerprint density at radius 1 is 1.41 bits per heavy atom. The van der Waals surface area contributed by atoms with Gasteiger partial charge in [-0.05, 0) is 18.6 Å². The molecular formula is C13H22N4. The van der Waals surface area contributed by atoms with E-state index in [0.29, 0.717) is 0 Å². The third-order valence-electron chi connectivity index (χ3n) is 3.36. The van der Waals surface area contributed by atoms with Gasteiger partial charge in [0, 0.05) is 64.4 Å². The van der Waals surface area contributed by atoms with Crippen molar-refractivity contribution in [1.82, 2.24) is 15.2 Å². The summed E-state index contributed by atoms with van der Waals surface area (Å²) in [5.41, 5.74) is 2.53. The van der Waals surface area contributed by atoms with Crippen LogP contribution in [0.2, 0.25) is 0 Å². The van der Waals surface area contributed by atoms with Crippen LogP contribution in [0.4, 0.5) is 5.69 Å². The van der Waals surface area contributed by atoms with Crippen molar-refractivity contribution >= 4 is 5.69 Å². The predicted octanol–water partition coefficient (Wildman–Crippen LogP) is 0.731. The lowest BCUT2D eigenvalue weighted by molar-refractivity contribution is 0.246. The summed E-state index contributed by atoms with van der Waals surface area (Å²) in [5, 5.41) is 3.38. The zero-order valence-electron chi connectivity index (χ0n) is 10.8. The standard InChI is InChI=1S/C13H22N4/c1-12-11-15-4-3-13(12)16(2)9-10-17-7-5-14-6-8-17/h3-4,11,14H,5-10H2,1-2H3. The molecule has 2 heterocycles. The largest absolute Gasteiger partial charge is 0.373 e. The molecule has 1 aliphatic rings. The molecule has 1 aromatic heterocycles. The van der Waals surface area contributed by atoms with Crippen molar-refractivity contribution in [1.29, 1.82) is 0 Å². The molecule has 0 spiro atoms. The van der Waals surface area contributed by atoms with Crippen LogP contribution in [-0.4, -0.2) is 56.2 Å². The number of hydrogen-bond donors (Lipinski definition) is 1. The highest BCUT2D eigenvalue weighted by molar-refractivity contribution is 5.50. The summed E-state index contributed by atoms with van der Waals surface area (Å²) >= 11 is 0. The summed E-state index contributed by atoms with van der Waals surface area (Å²) < 4.78 is 0. The highest BCUT2D eigenvalue weighted by atomic mass is 15.2. The molecule has 1 fully saturated rings. The number of aromatic nitrogens is 1. The molecule has 0 amide bonds. The van der Waals surface area contributed by atoms with Crippen LogP contribution >= 0.6 is 0 Å². The summed E-state index contributed by atoms with van der Waals surface area (Å²) in [5.74, 6) is 0. The average Bonchev–Trinajstić information content (AvgIpc) is 2.38. The minimum atomic E-state index is 1.07. The number of aryl methyl sites for hydroxylation is 1. The van der Waals surface area contributed by atoms with Crippen LogP contribution in [0.5, 0.6) is 0 Å². The van der Waals surface area contributed by atoms with Gasteiger partial charge in [0.1, 0.15) is 0 Å². The zero-order chi connectivity index (χ0) is 12.1. The molecule has 0 radical (unpaired) electrons. The molecule has 0 aliphatic carbocycles. The normalized spacial score (nSPS) is 17.1. The molecule has 4 heteroatoms. The van der Waals surface area contributed by atoms with E-state index in [0.717, 1.165) is 26.2 Å². The first-order valence-corrected chi connectivity index (χ1v) is 6.32. The van der Waals surface area contributed by atoms with Gasteiger partial charge in [-0.3, -0.25) is 9.88 Å². The van der Waals surface area contributed by atoms with Crippen molar-refractivity contribution in [3.63, 3.8) is 0 Å². The Kier molecular flexibility index (Phi) is 4.34. The van der Waals surface area contributed by atoms with E-state index >= 15 is 0 Å². The number of nitrogens with zero attached hydrogens (tertiary/aromatic N) is 3. The summed E-state index contributed by atoms with van der Waals surface area (Å²) in [7, 11) is 2.16. The van der Waals surface area contributed by atoms with E-state index in [9.17, 15) is 0 Å². The number of anilines is 1. The molecule has 0 atom stereocenters. The number of nitrogens with one attached hydrogen (secondary N) is 1. The number of hydrogen-bond acceptors (Lipinski definition) is 4. The maximum Gasteiger partial charge on any atom is 0.0424 e. The van der Waals surface area contributed by atoms with Crippen molar-refractivity contribution in [2.45, 2.75) is 6.92 Å². The van der Waals surface area contributed by atoms with Crippen molar-refractivity contribution in [3.05, 3.63) is 24.0 Å². The first kappa shape index (κ1) is 12.3.